The quantitative estimate of drug-likeness (QED) is 0.766. The third-order valence-electron chi connectivity index (χ3n) is 3.79. The fourth-order valence-corrected chi connectivity index (χ4v) is 1.92. The summed E-state index contributed by atoms with van der Waals surface area (Å²) >= 11 is 0. The summed E-state index contributed by atoms with van der Waals surface area (Å²) in [6.45, 7) is 14.4. The van der Waals surface area contributed by atoms with E-state index in [0.29, 0.717) is 19.4 Å². The Kier molecular flexibility index (Phi) is 8.23. The van der Waals surface area contributed by atoms with E-state index in [-0.39, 0.29) is 23.6 Å². The molecule has 1 aliphatic rings. The molecule has 0 radical (unpaired) electrons. The van der Waals surface area contributed by atoms with Crippen LogP contribution >= 0.6 is 0 Å². The number of hydrogen-bond donors (Lipinski definition) is 2. The molecule has 0 aromatic rings. The number of rotatable bonds is 3. The molecule has 0 aromatic heterocycles. The van der Waals surface area contributed by atoms with Gasteiger partial charge in [-0.05, 0) is 46.0 Å². The highest BCUT2D eigenvalue weighted by atomic mass is 16.6. The molecule has 1 heterocycles. The smallest absolute Gasteiger partial charge is 0.407 e. The lowest BCUT2D eigenvalue weighted by atomic mass is 9.88. The predicted molar refractivity (Wildman–Crippen MR) is 93.3 cm³/mol. The zero-order valence-corrected chi connectivity index (χ0v) is 16.0. The van der Waals surface area contributed by atoms with Crippen molar-refractivity contribution in [2.75, 3.05) is 6.54 Å². The van der Waals surface area contributed by atoms with Gasteiger partial charge in [-0.1, -0.05) is 20.8 Å². The van der Waals surface area contributed by atoms with Crippen LogP contribution in [-0.4, -0.2) is 47.5 Å². The lowest BCUT2D eigenvalue weighted by Crippen LogP contribution is -2.43. The first-order valence-electron chi connectivity index (χ1n) is 8.28. The van der Waals surface area contributed by atoms with Crippen LogP contribution in [0.15, 0.2) is 0 Å². The summed E-state index contributed by atoms with van der Waals surface area (Å²) in [6.07, 6.45) is 1.93. The Morgan fingerprint density at radius 1 is 1.25 bits per heavy atom. The molecule has 140 valence electrons. The number of alkyl carbamates (subject to hydrolysis) is 1. The van der Waals surface area contributed by atoms with E-state index in [0.717, 1.165) is 6.42 Å². The molecule has 1 fully saturated rings. The summed E-state index contributed by atoms with van der Waals surface area (Å²) in [5.41, 5.74) is 4.65. The van der Waals surface area contributed by atoms with Crippen molar-refractivity contribution in [3.8, 4) is 0 Å². The normalized spacial score (nSPS) is 19.0. The fraction of sp³-hybridized carbons (Fsp3) is 0.824. The van der Waals surface area contributed by atoms with Gasteiger partial charge < -0.3 is 20.7 Å². The molecule has 0 aliphatic carbocycles. The summed E-state index contributed by atoms with van der Waals surface area (Å²) in [5, 5.41) is 2.82. The number of nitrogens with one attached hydrogen (secondary N) is 1. The molecule has 3 N–H and O–H groups in total. The van der Waals surface area contributed by atoms with E-state index in [4.69, 9.17) is 10.5 Å². The number of nitrogens with zero attached hydrogens (tertiary/aromatic N) is 1. The maximum absolute atomic E-state index is 11.4. The van der Waals surface area contributed by atoms with Gasteiger partial charge in [0.1, 0.15) is 11.6 Å². The average Bonchev–Trinajstić information content (AvgIpc) is 2.84. The van der Waals surface area contributed by atoms with Gasteiger partial charge in [-0.25, -0.2) is 4.79 Å². The second kappa shape index (κ2) is 8.89. The minimum absolute atomic E-state index is 0.0525. The highest BCUT2D eigenvalue weighted by Gasteiger charge is 2.27. The van der Waals surface area contributed by atoms with Crippen molar-refractivity contribution in [3.05, 3.63) is 0 Å². The summed E-state index contributed by atoms with van der Waals surface area (Å²) in [7, 11) is 0. The fourth-order valence-electron chi connectivity index (χ4n) is 1.92. The SMILES string of the molecule is CC(NC(=O)OC(C)(C)C)C(C)(C)C.NC(=O)C1CCCN1C=O. The van der Waals surface area contributed by atoms with E-state index in [1.807, 2.05) is 27.7 Å². The monoisotopic (exact) mass is 343 g/mol. The number of nitrogens with two attached hydrogens (primary N) is 1. The number of carbonyl (C=O) groups is 3. The molecular weight excluding hydrogens is 310 g/mol. The van der Waals surface area contributed by atoms with Crippen LogP contribution < -0.4 is 11.1 Å². The van der Waals surface area contributed by atoms with Gasteiger partial charge >= 0.3 is 6.09 Å². The largest absolute Gasteiger partial charge is 0.444 e. The minimum atomic E-state index is -0.429. The summed E-state index contributed by atoms with van der Waals surface area (Å²) < 4.78 is 5.15. The van der Waals surface area contributed by atoms with Gasteiger partial charge in [0.15, 0.2) is 0 Å². The Bertz CT molecular complexity index is 438. The van der Waals surface area contributed by atoms with Crippen LogP contribution in [0.2, 0.25) is 0 Å². The van der Waals surface area contributed by atoms with Crippen LogP contribution in [0.1, 0.15) is 61.3 Å². The maximum Gasteiger partial charge on any atom is 0.407 e. The van der Waals surface area contributed by atoms with Gasteiger partial charge in [-0.2, -0.15) is 0 Å². The molecule has 2 atom stereocenters. The number of carbonyl (C=O) groups excluding carboxylic acids is 3. The average molecular weight is 343 g/mol. The first-order valence-corrected chi connectivity index (χ1v) is 8.28. The number of ether oxygens (including phenoxy) is 1. The van der Waals surface area contributed by atoms with Gasteiger partial charge in [-0.3, -0.25) is 9.59 Å². The first kappa shape index (κ1) is 22.2. The van der Waals surface area contributed by atoms with E-state index in [1.165, 1.54) is 4.90 Å². The lowest BCUT2D eigenvalue weighted by Gasteiger charge is -2.29. The van der Waals surface area contributed by atoms with Crippen LogP contribution in [0.25, 0.3) is 0 Å². The molecule has 7 nitrogen and oxygen atoms in total. The topological polar surface area (TPSA) is 102 Å². The molecule has 1 saturated heterocycles. The third kappa shape index (κ3) is 8.74. The van der Waals surface area contributed by atoms with E-state index in [9.17, 15) is 14.4 Å². The lowest BCUT2D eigenvalue weighted by molar-refractivity contribution is -0.128. The van der Waals surface area contributed by atoms with E-state index < -0.39 is 11.5 Å². The van der Waals surface area contributed by atoms with Crippen LogP contribution in [-0.2, 0) is 14.3 Å². The number of hydrogen-bond acceptors (Lipinski definition) is 4. The van der Waals surface area contributed by atoms with Crippen molar-refractivity contribution in [1.82, 2.24) is 10.2 Å². The molecule has 0 spiro atoms. The molecule has 7 heteroatoms. The number of amides is 3. The summed E-state index contributed by atoms with van der Waals surface area (Å²) in [4.78, 5) is 33.7. The van der Waals surface area contributed by atoms with Gasteiger partial charge in [0.05, 0.1) is 0 Å². The third-order valence-corrected chi connectivity index (χ3v) is 3.79. The van der Waals surface area contributed by atoms with Crippen LogP contribution in [0.3, 0.4) is 0 Å². The maximum atomic E-state index is 11.4. The second-order valence-electron chi connectivity index (χ2n) is 8.14. The molecule has 1 rings (SSSR count). The van der Waals surface area contributed by atoms with E-state index >= 15 is 0 Å². The van der Waals surface area contributed by atoms with Crippen molar-refractivity contribution in [2.45, 2.75) is 79.0 Å². The first-order chi connectivity index (χ1) is 10.8. The Labute approximate surface area is 145 Å². The van der Waals surface area contributed by atoms with Gasteiger partial charge in [0.2, 0.25) is 12.3 Å². The predicted octanol–water partition coefficient (Wildman–Crippen LogP) is 2.04. The Hall–Kier alpha value is -1.79. The highest BCUT2D eigenvalue weighted by Crippen LogP contribution is 2.19. The highest BCUT2D eigenvalue weighted by molar-refractivity contribution is 5.82. The van der Waals surface area contributed by atoms with Gasteiger partial charge in [-0.15, -0.1) is 0 Å². The summed E-state index contributed by atoms with van der Waals surface area (Å²) in [6, 6.07) is -0.255. The Balaban J connectivity index is 0.000000463. The van der Waals surface area contributed by atoms with Crippen molar-refractivity contribution >= 4 is 18.4 Å². The second-order valence-corrected chi connectivity index (χ2v) is 8.14. The molecule has 24 heavy (non-hydrogen) atoms. The van der Waals surface area contributed by atoms with Crippen LogP contribution in [0, 0.1) is 5.41 Å². The number of likely N-dealkylation sites (tertiary alicyclic amines) is 1. The molecule has 1 aliphatic heterocycles. The van der Waals surface area contributed by atoms with Crippen molar-refractivity contribution in [1.29, 1.82) is 0 Å². The molecule has 2 unspecified atom stereocenters. The Morgan fingerprint density at radius 2 is 1.79 bits per heavy atom. The van der Waals surface area contributed by atoms with E-state index in [2.05, 4.69) is 26.1 Å². The van der Waals surface area contributed by atoms with Gasteiger partial charge in [0.25, 0.3) is 0 Å². The standard InChI is InChI=1S/C11H23NO2.C6H10N2O2/c1-8(10(2,3)4)12-9(13)14-11(5,6)7;7-6(10)5-2-1-3-8(5)4-9/h8H,1-7H3,(H,12,13);4-5H,1-3H2,(H2,7,10). The zero-order chi connectivity index (χ0) is 19.1. The zero-order valence-electron chi connectivity index (χ0n) is 16.0. The summed E-state index contributed by atoms with van der Waals surface area (Å²) in [5.74, 6) is -0.399. The van der Waals surface area contributed by atoms with Crippen LogP contribution in [0.5, 0.6) is 0 Å². The molecular formula is C17H33N3O4. The minimum Gasteiger partial charge on any atom is -0.444 e. The molecule has 3 amide bonds. The van der Waals surface area contributed by atoms with Crippen molar-refractivity contribution in [2.24, 2.45) is 11.1 Å². The number of primary amides is 1. The van der Waals surface area contributed by atoms with Crippen molar-refractivity contribution in [3.63, 3.8) is 0 Å². The Morgan fingerprint density at radius 3 is 2.12 bits per heavy atom. The van der Waals surface area contributed by atoms with Crippen LogP contribution in [0.4, 0.5) is 4.79 Å². The molecule has 0 aromatic carbocycles. The van der Waals surface area contributed by atoms with Crippen molar-refractivity contribution < 1.29 is 19.1 Å². The molecule has 0 saturated carbocycles. The molecule has 0 bridgehead atoms. The van der Waals surface area contributed by atoms with E-state index in [1.54, 1.807) is 0 Å². The van der Waals surface area contributed by atoms with Gasteiger partial charge in [0, 0.05) is 12.6 Å².